The molecule has 140 valence electrons. The van der Waals surface area contributed by atoms with Crippen LogP contribution in [0.15, 0.2) is 23.2 Å². The molecule has 25 heavy (non-hydrogen) atoms. The van der Waals surface area contributed by atoms with Crippen LogP contribution in [-0.2, 0) is 4.74 Å². The van der Waals surface area contributed by atoms with E-state index in [0.29, 0.717) is 0 Å². The standard InChI is InChI=1S/C17H26N4O3.BrH/c1-22-15-4-3-13(11-16(15)23-2)14(21-7-9-24-10-8-21)12-20-17-18-5-6-19-17;/h3-4,11,14H,5-10,12H2,1-2H3,(H2,18,19,20);1H. The number of hydrogen-bond acceptors (Lipinski definition) is 7. The highest BCUT2D eigenvalue weighted by molar-refractivity contribution is 8.93. The van der Waals surface area contributed by atoms with E-state index in [4.69, 9.17) is 14.2 Å². The molecule has 1 atom stereocenters. The van der Waals surface area contributed by atoms with Gasteiger partial charge in [0.25, 0.3) is 0 Å². The predicted molar refractivity (Wildman–Crippen MR) is 103 cm³/mol. The lowest BCUT2D eigenvalue weighted by Crippen LogP contribution is -2.45. The zero-order valence-corrected chi connectivity index (χ0v) is 16.5. The van der Waals surface area contributed by atoms with Crippen LogP contribution in [0.25, 0.3) is 0 Å². The first kappa shape index (κ1) is 19.8. The first-order chi connectivity index (χ1) is 11.8. The molecule has 1 unspecified atom stereocenters. The molecular weight excluding hydrogens is 388 g/mol. The number of methoxy groups -OCH3 is 2. The number of nitrogens with one attached hydrogen (secondary N) is 2. The van der Waals surface area contributed by atoms with Gasteiger partial charge in [0.1, 0.15) is 0 Å². The van der Waals surface area contributed by atoms with Crippen LogP contribution in [0.1, 0.15) is 11.6 Å². The van der Waals surface area contributed by atoms with Gasteiger partial charge in [-0.25, -0.2) is 0 Å². The van der Waals surface area contributed by atoms with Gasteiger partial charge in [0, 0.05) is 26.2 Å². The van der Waals surface area contributed by atoms with E-state index in [9.17, 15) is 0 Å². The van der Waals surface area contributed by atoms with Crippen molar-refractivity contribution in [2.75, 3.05) is 60.2 Å². The summed E-state index contributed by atoms with van der Waals surface area (Å²) in [5.41, 5.74) is 1.20. The summed E-state index contributed by atoms with van der Waals surface area (Å²) in [6.45, 7) is 5.89. The smallest absolute Gasteiger partial charge is 0.191 e. The van der Waals surface area contributed by atoms with Crippen LogP contribution in [0.5, 0.6) is 11.5 Å². The van der Waals surface area contributed by atoms with Crippen molar-refractivity contribution in [2.45, 2.75) is 6.04 Å². The van der Waals surface area contributed by atoms with Gasteiger partial charge in [-0.05, 0) is 17.7 Å². The minimum atomic E-state index is 0. The van der Waals surface area contributed by atoms with Crippen molar-refractivity contribution in [3.05, 3.63) is 23.8 Å². The molecule has 2 heterocycles. The van der Waals surface area contributed by atoms with E-state index in [2.05, 4.69) is 32.7 Å². The van der Waals surface area contributed by atoms with E-state index >= 15 is 0 Å². The van der Waals surface area contributed by atoms with Crippen molar-refractivity contribution in [3.63, 3.8) is 0 Å². The van der Waals surface area contributed by atoms with Crippen LogP contribution in [0, 0.1) is 0 Å². The third kappa shape index (κ3) is 4.99. The lowest BCUT2D eigenvalue weighted by Gasteiger charge is -2.35. The molecule has 1 aromatic rings. The fraction of sp³-hybridized carbons (Fsp3) is 0.588. The SMILES string of the molecule is Br.COc1ccc(C(CNC2=NCCN2)N2CCOCC2)cc1OC. The molecule has 0 radical (unpaired) electrons. The van der Waals surface area contributed by atoms with Crippen molar-refractivity contribution >= 4 is 22.9 Å². The number of halogens is 1. The maximum atomic E-state index is 5.50. The summed E-state index contributed by atoms with van der Waals surface area (Å²) in [5, 5.41) is 6.69. The fourth-order valence-corrected chi connectivity index (χ4v) is 3.12. The quantitative estimate of drug-likeness (QED) is 0.728. The largest absolute Gasteiger partial charge is 0.493 e. The Balaban J connectivity index is 0.00000225. The minimum Gasteiger partial charge on any atom is -0.493 e. The monoisotopic (exact) mass is 414 g/mol. The topological polar surface area (TPSA) is 67.4 Å². The summed E-state index contributed by atoms with van der Waals surface area (Å²) >= 11 is 0. The summed E-state index contributed by atoms with van der Waals surface area (Å²) in [4.78, 5) is 6.85. The van der Waals surface area contributed by atoms with E-state index in [1.165, 1.54) is 5.56 Å². The molecule has 0 amide bonds. The van der Waals surface area contributed by atoms with Crippen LogP contribution in [0.3, 0.4) is 0 Å². The highest BCUT2D eigenvalue weighted by Crippen LogP contribution is 2.32. The molecule has 0 bridgehead atoms. The number of morpholine rings is 1. The van der Waals surface area contributed by atoms with Crippen molar-refractivity contribution in [2.24, 2.45) is 4.99 Å². The lowest BCUT2D eigenvalue weighted by molar-refractivity contribution is 0.0169. The van der Waals surface area contributed by atoms with E-state index in [0.717, 1.165) is 63.4 Å². The third-order valence-electron chi connectivity index (χ3n) is 4.42. The molecule has 1 saturated heterocycles. The molecule has 0 spiro atoms. The van der Waals surface area contributed by atoms with Crippen molar-refractivity contribution in [1.29, 1.82) is 0 Å². The van der Waals surface area contributed by atoms with Crippen LogP contribution in [0.2, 0.25) is 0 Å². The summed E-state index contributed by atoms with van der Waals surface area (Å²) in [5.74, 6) is 2.38. The number of nitrogens with zero attached hydrogens (tertiary/aromatic N) is 2. The van der Waals surface area contributed by atoms with Crippen molar-refractivity contribution < 1.29 is 14.2 Å². The number of rotatable bonds is 6. The normalized spacial score (nSPS) is 18.6. The van der Waals surface area contributed by atoms with Crippen molar-refractivity contribution in [3.8, 4) is 11.5 Å². The van der Waals surface area contributed by atoms with Crippen LogP contribution in [0.4, 0.5) is 0 Å². The molecular formula is C17H27BrN4O3. The van der Waals surface area contributed by atoms with Crippen LogP contribution in [-0.4, -0.2) is 71.0 Å². The summed E-state index contributed by atoms with van der Waals surface area (Å²) in [7, 11) is 3.32. The maximum Gasteiger partial charge on any atom is 0.191 e. The summed E-state index contributed by atoms with van der Waals surface area (Å²) in [6, 6.07) is 6.35. The highest BCUT2D eigenvalue weighted by atomic mass is 79.9. The number of guanidine groups is 1. The molecule has 7 nitrogen and oxygen atoms in total. The van der Waals surface area contributed by atoms with Gasteiger partial charge in [0.05, 0.1) is 40.0 Å². The highest BCUT2D eigenvalue weighted by Gasteiger charge is 2.24. The molecule has 8 heteroatoms. The summed E-state index contributed by atoms with van der Waals surface area (Å²) in [6.07, 6.45) is 0. The van der Waals surface area contributed by atoms with Gasteiger partial charge in [0.15, 0.2) is 17.5 Å². The fourth-order valence-electron chi connectivity index (χ4n) is 3.12. The number of ether oxygens (including phenoxy) is 3. The Bertz CT molecular complexity index is 579. The summed E-state index contributed by atoms with van der Waals surface area (Å²) < 4.78 is 16.3. The third-order valence-corrected chi connectivity index (χ3v) is 4.42. The Hall–Kier alpha value is -1.51. The zero-order valence-electron chi connectivity index (χ0n) is 14.8. The second-order valence-corrected chi connectivity index (χ2v) is 5.82. The molecule has 3 rings (SSSR count). The van der Waals surface area contributed by atoms with Crippen LogP contribution >= 0.6 is 17.0 Å². The number of hydrogen-bond donors (Lipinski definition) is 2. The Kier molecular flexibility index (Phi) is 7.80. The Morgan fingerprint density at radius 2 is 2.00 bits per heavy atom. The molecule has 1 aromatic carbocycles. The van der Waals surface area contributed by atoms with Gasteiger partial charge >= 0.3 is 0 Å². The van der Waals surface area contributed by atoms with Gasteiger partial charge in [-0.3, -0.25) is 9.89 Å². The first-order valence-electron chi connectivity index (χ1n) is 8.37. The van der Waals surface area contributed by atoms with E-state index < -0.39 is 0 Å². The van der Waals surface area contributed by atoms with Gasteiger partial charge in [0.2, 0.25) is 0 Å². The number of aliphatic imine (C=N–C) groups is 1. The molecule has 2 aliphatic heterocycles. The zero-order chi connectivity index (χ0) is 16.8. The lowest BCUT2D eigenvalue weighted by atomic mass is 10.0. The predicted octanol–water partition coefficient (Wildman–Crippen LogP) is 1.20. The van der Waals surface area contributed by atoms with Gasteiger partial charge in [-0.2, -0.15) is 0 Å². The average Bonchev–Trinajstić information content (AvgIpc) is 3.16. The second kappa shape index (κ2) is 9.84. The molecule has 0 saturated carbocycles. The van der Waals surface area contributed by atoms with Crippen LogP contribution < -0.4 is 20.1 Å². The average molecular weight is 415 g/mol. The molecule has 0 aliphatic carbocycles. The Morgan fingerprint density at radius 1 is 1.24 bits per heavy atom. The maximum absolute atomic E-state index is 5.50. The molecule has 2 N–H and O–H groups in total. The minimum absolute atomic E-state index is 0. The van der Waals surface area contributed by atoms with E-state index in [-0.39, 0.29) is 23.0 Å². The Morgan fingerprint density at radius 3 is 2.64 bits per heavy atom. The molecule has 1 fully saturated rings. The Labute approximate surface area is 159 Å². The molecule has 2 aliphatic rings. The van der Waals surface area contributed by atoms with Crippen molar-refractivity contribution in [1.82, 2.24) is 15.5 Å². The van der Waals surface area contributed by atoms with E-state index in [1.807, 2.05) is 6.07 Å². The molecule has 0 aromatic heterocycles. The number of benzene rings is 1. The van der Waals surface area contributed by atoms with Gasteiger partial charge < -0.3 is 24.8 Å². The van der Waals surface area contributed by atoms with Gasteiger partial charge in [-0.15, -0.1) is 17.0 Å². The second-order valence-electron chi connectivity index (χ2n) is 5.82. The van der Waals surface area contributed by atoms with Gasteiger partial charge in [-0.1, -0.05) is 6.07 Å². The van der Waals surface area contributed by atoms with E-state index in [1.54, 1.807) is 14.2 Å². The first-order valence-corrected chi connectivity index (χ1v) is 8.37.